The minimum atomic E-state index is -0.803. The van der Waals surface area contributed by atoms with Crippen molar-refractivity contribution in [2.75, 3.05) is 0 Å². The molecule has 0 aliphatic carbocycles. The maximum absolute atomic E-state index is 12.4. The third-order valence-electron chi connectivity index (χ3n) is 6.32. The van der Waals surface area contributed by atoms with Crippen LogP contribution in [-0.4, -0.2) is 42.1 Å². The number of thiophene rings is 1. The second-order valence-corrected chi connectivity index (χ2v) is 10.4. The number of aromatic nitrogens is 2. The van der Waals surface area contributed by atoms with Gasteiger partial charge in [0.1, 0.15) is 0 Å². The van der Waals surface area contributed by atoms with Gasteiger partial charge in [-0.3, -0.25) is 0 Å². The average Bonchev–Trinajstić information content (AvgIpc) is 3.29. The van der Waals surface area contributed by atoms with Crippen molar-refractivity contribution >= 4 is 65.8 Å². The summed E-state index contributed by atoms with van der Waals surface area (Å²) in [6, 6.07) is 12.7. The number of benzene rings is 1. The molecule has 2 aliphatic rings. The van der Waals surface area contributed by atoms with E-state index in [1.54, 1.807) is 11.3 Å². The van der Waals surface area contributed by atoms with Crippen LogP contribution in [0.1, 0.15) is 29.9 Å². The molecule has 0 bridgehead atoms. The molecule has 5 heterocycles. The van der Waals surface area contributed by atoms with Gasteiger partial charge in [-0.1, -0.05) is 0 Å². The normalized spacial score (nSPS) is 19.4. The van der Waals surface area contributed by atoms with Gasteiger partial charge < -0.3 is 0 Å². The summed E-state index contributed by atoms with van der Waals surface area (Å²) in [5, 5.41) is 6.06. The number of rotatable bonds is 2. The van der Waals surface area contributed by atoms with Gasteiger partial charge in [0.2, 0.25) is 0 Å². The topological polar surface area (TPSA) is 76.3 Å². The maximum atomic E-state index is 12.4. The third kappa shape index (κ3) is 2.56. The Morgan fingerprint density at radius 2 is 1.97 bits per heavy atom. The average molecular weight is 492 g/mol. The van der Waals surface area contributed by atoms with Crippen LogP contribution in [0.3, 0.4) is 0 Å². The van der Waals surface area contributed by atoms with Crippen LogP contribution in [0.25, 0.3) is 26.9 Å². The Balaban J connectivity index is 1.57. The zero-order chi connectivity index (χ0) is 21.5. The summed E-state index contributed by atoms with van der Waals surface area (Å²) in [5.74, 6) is -1.51. The SMILES string of the molecule is CC1(C)c2cc(CC3C(=O)N=C([Se])NC3=O)sc2-n2c3ncccc3c3cccc1c32. The van der Waals surface area contributed by atoms with Crippen LogP contribution in [0.5, 0.6) is 0 Å². The molecule has 0 fully saturated rings. The van der Waals surface area contributed by atoms with E-state index >= 15 is 0 Å². The number of para-hydroxylation sites is 1. The second kappa shape index (κ2) is 6.36. The number of fused-ring (bicyclic) bond motifs is 5. The Bertz CT molecular complexity index is 1480. The van der Waals surface area contributed by atoms with Crippen LogP contribution >= 0.6 is 11.3 Å². The number of carbonyl (C=O) groups excluding carboxylic acids is 2. The van der Waals surface area contributed by atoms with E-state index in [1.165, 1.54) is 22.0 Å². The van der Waals surface area contributed by atoms with Gasteiger partial charge in [0.25, 0.3) is 0 Å². The van der Waals surface area contributed by atoms with Gasteiger partial charge in [-0.25, -0.2) is 0 Å². The summed E-state index contributed by atoms with van der Waals surface area (Å²) in [5.41, 5.74) is 4.34. The van der Waals surface area contributed by atoms with Crippen LogP contribution in [0.15, 0.2) is 47.6 Å². The van der Waals surface area contributed by atoms with Crippen molar-refractivity contribution in [2.45, 2.75) is 25.7 Å². The molecule has 1 unspecified atom stereocenters. The van der Waals surface area contributed by atoms with Crippen molar-refractivity contribution in [2.24, 2.45) is 10.9 Å². The first kappa shape index (κ1) is 18.9. The quantitative estimate of drug-likeness (QED) is 0.345. The molecule has 8 heteroatoms. The molecule has 1 atom stereocenters. The van der Waals surface area contributed by atoms with Crippen molar-refractivity contribution in [3.63, 3.8) is 0 Å². The van der Waals surface area contributed by atoms with Gasteiger partial charge in [0, 0.05) is 0 Å². The number of amides is 2. The zero-order valence-corrected chi connectivity index (χ0v) is 19.3. The summed E-state index contributed by atoms with van der Waals surface area (Å²) < 4.78 is 2.48. The Labute approximate surface area is 190 Å². The molecule has 3 aromatic heterocycles. The summed E-state index contributed by atoms with van der Waals surface area (Å²) in [4.78, 5) is 34.4. The molecule has 6 rings (SSSR count). The number of hydrogen-bond donors (Lipinski definition) is 1. The minimum absolute atomic E-state index is 0.212. The van der Waals surface area contributed by atoms with E-state index in [-0.39, 0.29) is 16.1 Å². The summed E-state index contributed by atoms with van der Waals surface area (Å²) >= 11 is 4.23. The van der Waals surface area contributed by atoms with Crippen molar-refractivity contribution in [3.05, 3.63) is 58.6 Å². The Morgan fingerprint density at radius 3 is 2.77 bits per heavy atom. The summed E-state index contributed by atoms with van der Waals surface area (Å²) in [7, 11) is 0. The molecule has 2 amide bonds. The predicted octanol–water partition coefficient (Wildman–Crippen LogP) is 3.22. The molecule has 0 spiro atoms. The van der Waals surface area contributed by atoms with E-state index in [1.807, 2.05) is 12.3 Å². The van der Waals surface area contributed by atoms with Crippen molar-refractivity contribution in [1.29, 1.82) is 0 Å². The van der Waals surface area contributed by atoms with E-state index in [9.17, 15) is 9.59 Å². The first-order valence-electron chi connectivity index (χ1n) is 9.99. The van der Waals surface area contributed by atoms with Crippen LogP contribution in [0, 0.1) is 5.92 Å². The fraction of sp³-hybridized carbons (Fsp3) is 0.217. The standard InChI is InChI=1S/C23H17N4O2SSe/c1-23(2)15-7-3-5-12-13-6-4-8-24-18(13)27(17(12)15)21-16(23)10-11(30-21)9-14-19(28)25-22(31)26-20(14)29/h3-8,10,14H,9H2,1-2H3,(H,25,26,28,29). The number of aliphatic imine (C=N–C) groups is 1. The van der Waals surface area contributed by atoms with Crippen molar-refractivity contribution < 1.29 is 9.59 Å². The predicted molar refractivity (Wildman–Crippen MR) is 122 cm³/mol. The molecular weight excluding hydrogens is 475 g/mol. The molecule has 1 aromatic carbocycles. The van der Waals surface area contributed by atoms with Crippen LogP contribution in [0.4, 0.5) is 0 Å². The van der Waals surface area contributed by atoms with Crippen molar-refractivity contribution in [3.8, 4) is 5.00 Å². The molecule has 1 radical (unpaired) electrons. The number of carbonyl (C=O) groups is 2. The number of hydrogen-bond acceptors (Lipinski definition) is 4. The van der Waals surface area contributed by atoms with Gasteiger partial charge in [0.05, 0.1) is 0 Å². The van der Waals surface area contributed by atoms with E-state index in [0.717, 1.165) is 20.9 Å². The Hall–Kier alpha value is -2.80. The van der Waals surface area contributed by atoms with Crippen molar-refractivity contribution in [1.82, 2.24) is 14.9 Å². The molecule has 0 saturated carbocycles. The second-order valence-electron chi connectivity index (χ2n) is 8.47. The van der Waals surface area contributed by atoms with Crippen LogP contribution < -0.4 is 5.32 Å². The first-order valence-corrected chi connectivity index (χ1v) is 11.7. The monoisotopic (exact) mass is 493 g/mol. The summed E-state index contributed by atoms with van der Waals surface area (Å²) in [6.45, 7) is 4.46. The fourth-order valence-electron chi connectivity index (χ4n) is 4.78. The van der Waals surface area contributed by atoms with Gasteiger partial charge >= 0.3 is 184 Å². The molecule has 153 valence electrons. The molecule has 2 aliphatic heterocycles. The molecule has 6 nitrogen and oxygen atoms in total. The number of nitrogens with one attached hydrogen (secondary N) is 1. The van der Waals surface area contributed by atoms with Crippen LogP contribution in [-0.2, 0) is 21.4 Å². The number of amidine groups is 1. The summed E-state index contributed by atoms with van der Waals surface area (Å²) in [6.07, 6.45) is 2.15. The Kier molecular flexibility index (Phi) is 3.88. The van der Waals surface area contributed by atoms with E-state index in [2.05, 4.69) is 75.1 Å². The van der Waals surface area contributed by atoms with Crippen LogP contribution in [0.2, 0.25) is 0 Å². The van der Waals surface area contributed by atoms with Gasteiger partial charge in [-0.2, -0.15) is 0 Å². The third-order valence-corrected chi connectivity index (χ3v) is 7.87. The molecular formula is C23H17N4O2SSe. The van der Waals surface area contributed by atoms with E-state index in [0.29, 0.717) is 6.42 Å². The zero-order valence-electron chi connectivity index (χ0n) is 16.8. The van der Waals surface area contributed by atoms with E-state index < -0.39 is 11.8 Å². The Morgan fingerprint density at radius 1 is 1.16 bits per heavy atom. The van der Waals surface area contributed by atoms with Gasteiger partial charge in [0.15, 0.2) is 0 Å². The molecule has 1 N–H and O–H groups in total. The number of pyridine rings is 1. The number of nitrogens with zero attached hydrogens (tertiary/aromatic N) is 3. The molecule has 0 saturated heterocycles. The molecule has 31 heavy (non-hydrogen) atoms. The van der Waals surface area contributed by atoms with Gasteiger partial charge in [-0.15, -0.1) is 0 Å². The first-order chi connectivity index (χ1) is 14.9. The van der Waals surface area contributed by atoms with E-state index in [4.69, 9.17) is 4.98 Å². The fourth-order valence-corrected chi connectivity index (χ4v) is 6.55. The molecule has 4 aromatic rings. The van der Waals surface area contributed by atoms with Gasteiger partial charge in [-0.05, 0) is 6.07 Å².